The molecule has 1 N–H and O–H groups in total. The Balaban J connectivity index is 2.63. The molecule has 18 heavy (non-hydrogen) atoms. The van der Waals surface area contributed by atoms with Crippen molar-refractivity contribution >= 4 is 6.08 Å². The number of benzene rings is 1. The van der Waals surface area contributed by atoms with E-state index in [1.54, 1.807) is 6.07 Å². The minimum Gasteiger partial charge on any atom is -0.496 e. The summed E-state index contributed by atoms with van der Waals surface area (Å²) in [5.74, 6) is -2.01. The van der Waals surface area contributed by atoms with Crippen molar-refractivity contribution in [2.24, 2.45) is 0 Å². The topological polar surface area (TPSA) is 38.7 Å². The highest BCUT2D eigenvalue weighted by molar-refractivity contribution is 5.70. The summed E-state index contributed by atoms with van der Waals surface area (Å²) in [5.41, 5.74) is -0.995. The number of fused-ring (bicyclic) bond motifs is 1. The maximum Gasteiger partial charge on any atom is 0.418 e. The van der Waals surface area contributed by atoms with Gasteiger partial charge >= 0.3 is 6.18 Å². The molecule has 1 aliphatic heterocycles. The molecule has 0 radical (unpaired) electrons. The maximum atomic E-state index is 12.8. The lowest BCUT2D eigenvalue weighted by Crippen LogP contribution is -2.42. The molecule has 2 rings (SSSR count). The Morgan fingerprint density at radius 3 is 2.56 bits per heavy atom. The van der Waals surface area contributed by atoms with Crippen LogP contribution in [0, 0.1) is 0 Å². The predicted octanol–water partition coefficient (Wildman–Crippen LogP) is 2.74. The lowest BCUT2D eigenvalue weighted by molar-refractivity contribution is -0.166. The Bertz CT molecular complexity index is 504. The van der Waals surface area contributed by atoms with Gasteiger partial charge in [0, 0.05) is 6.92 Å². The third kappa shape index (κ3) is 2.03. The summed E-state index contributed by atoms with van der Waals surface area (Å²) in [4.78, 5) is 0. The first-order chi connectivity index (χ1) is 8.25. The van der Waals surface area contributed by atoms with Gasteiger partial charge in [-0.25, -0.2) is 0 Å². The molecular weight excluding hydrogens is 249 g/mol. The van der Waals surface area contributed by atoms with E-state index in [9.17, 15) is 18.3 Å². The molecule has 0 spiro atoms. The average molecular weight is 260 g/mol. The van der Waals surface area contributed by atoms with Crippen LogP contribution in [-0.2, 0) is 0 Å². The van der Waals surface area contributed by atoms with E-state index in [1.165, 1.54) is 19.2 Å². The normalized spacial score (nSPS) is 22.9. The molecule has 1 atom stereocenters. The highest BCUT2D eigenvalue weighted by Crippen LogP contribution is 2.44. The number of rotatable bonds is 1. The van der Waals surface area contributed by atoms with Crippen molar-refractivity contribution in [2.75, 3.05) is 7.11 Å². The van der Waals surface area contributed by atoms with Gasteiger partial charge in [-0.15, -0.1) is 0 Å². The van der Waals surface area contributed by atoms with Gasteiger partial charge in [-0.2, -0.15) is 13.2 Å². The third-order valence-corrected chi connectivity index (χ3v) is 2.65. The van der Waals surface area contributed by atoms with Crippen molar-refractivity contribution < 1.29 is 27.8 Å². The van der Waals surface area contributed by atoms with Crippen molar-refractivity contribution in [3.05, 3.63) is 29.3 Å². The highest BCUT2D eigenvalue weighted by atomic mass is 19.4. The van der Waals surface area contributed by atoms with Crippen LogP contribution < -0.4 is 9.47 Å². The molecule has 98 valence electrons. The minimum atomic E-state index is -4.68. The zero-order valence-corrected chi connectivity index (χ0v) is 9.71. The summed E-state index contributed by atoms with van der Waals surface area (Å²) in [7, 11) is 1.35. The van der Waals surface area contributed by atoms with Crippen LogP contribution in [0.15, 0.2) is 23.8 Å². The van der Waals surface area contributed by atoms with Crippen LogP contribution in [0.1, 0.15) is 12.5 Å². The van der Waals surface area contributed by atoms with Gasteiger partial charge in [0.05, 0.1) is 12.7 Å². The molecule has 0 aliphatic carbocycles. The maximum absolute atomic E-state index is 12.8. The minimum absolute atomic E-state index is 0.146. The summed E-state index contributed by atoms with van der Waals surface area (Å²) in [6, 6.07) is 4.56. The number of ether oxygens (including phenoxy) is 2. The molecule has 1 aromatic carbocycles. The molecule has 6 heteroatoms. The second-order valence-corrected chi connectivity index (χ2v) is 4.01. The van der Waals surface area contributed by atoms with Crippen LogP contribution in [0.2, 0.25) is 0 Å². The summed E-state index contributed by atoms with van der Waals surface area (Å²) < 4.78 is 48.4. The zero-order chi connectivity index (χ0) is 13.6. The number of methoxy groups -OCH3 is 1. The Morgan fingerprint density at radius 2 is 2.00 bits per heavy atom. The summed E-state index contributed by atoms with van der Waals surface area (Å²) in [6.45, 7) is 0.953. The molecule has 0 aromatic heterocycles. The van der Waals surface area contributed by atoms with E-state index < -0.39 is 17.5 Å². The molecule has 1 heterocycles. The molecular formula is C12H11F3O3. The van der Waals surface area contributed by atoms with Gasteiger partial charge in [-0.05, 0) is 18.2 Å². The van der Waals surface area contributed by atoms with Crippen molar-refractivity contribution in [3.8, 4) is 11.5 Å². The summed E-state index contributed by atoms with van der Waals surface area (Å²) in [5, 5.41) is 9.73. The number of hydrogen-bond acceptors (Lipinski definition) is 3. The van der Waals surface area contributed by atoms with E-state index in [1.807, 2.05) is 0 Å². The predicted molar refractivity (Wildman–Crippen MR) is 58.3 cm³/mol. The van der Waals surface area contributed by atoms with Crippen LogP contribution >= 0.6 is 0 Å². The first-order valence-electron chi connectivity index (χ1n) is 5.13. The third-order valence-electron chi connectivity index (χ3n) is 2.65. The molecule has 0 saturated carbocycles. The molecule has 0 bridgehead atoms. The fourth-order valence-corrected chi connectivity index (χ4v) is 1.83. The summed E-state index contributed by atoms with van der Waals surface area (Å²) >= 11 is 0. The van der Waals surface area contributed by atoms with E-state index in [-0.39, 0.29) is 17.1 Å². The largest absolute Gasteiger partial charge is 0.496 e. The number of aliphatic hydroxyl groups is 1. The van der Waals surface area contributed by atoms with Gasteiger partial charge in [0.1, 0.15) is 17.1 Å². The zero-order valence-electron chi connectivity index (χ0n) is 9.71. The molecule has 1 aromatic rings. The second-order valence-electron chi connectivity index (χ2n) is 4.01. The lowest BCUT2D eigenvalue weighted by Gasteiger charge is -2.33. The molecule has 3 nitrogen and oxygen atoms in total. The highest BCUT2D eigenvalue weighted by Gasteiger charge is 2.49. The average Bonchev–Trinajstić information content (AvgIpc) is 2.24. The molecule has 1 aliphatic rings. The van der Waals surface area contributed by atoms with Gasteiger partial charge in [0.2, 0.25) is 5.79 Å². The monoisotopic (exact) mass is 260 g/mol. The first kappa shape index (κ1) is 12.8. The van der Waals surface area contributed by atoms with E-state index >= 15 is 0 Å². The van der Waals surface area contributed by atoms with Gasteiger partial charge in [-0.3, -0.25) is 0 Å². The van der Waals surface area contributed by atoms with Crippen molar-refractivity contribution in [1.29, 1.82) is 0 Å². The van der Waals surface area contributed by atoms with Crippen LogP contribution in [0.3, 0.4) is 0 Å². The quantitative estimate of drug-likeness (QED) is 0.843. The molecule has 1 unspecified atom stereocenters. The first-order valence-corrected chi connectivity index (χ1v) is 5.13. The van der Waals surface area contributed by atoms with Crippen molar-refractivity contribution in [1.82, 2.24) is 0 Å². The number of hydrogen-bond donors (Lipinski definition) is 1. The van der Waals surface area contributed by atoms with E-state index in [0.29, 0.717) is 0 Å². The molecule has 0 saturated heterocycles. The van der Waals surface area contributed by atoms with E-state index in [4.69, 9.17) is 9.47 Å². The van der Waals surface area contributed by atoms with Gasteiger partial charge < -0.3 is 14.6 Å². The van der Waals surface area contributed by atoms with Crippen LogP contribution in [0.25, 0.3) is 6.08 Å². The Labute approximate surface area is 101 Å². The molecule has 0 fully saturated rings. The Kier molecular flexibility index (Phi) is 2.77. The van der Waals surface area contributed by atoms with E-state index in [0.717, 1.165) is 13.0 Å². The SMILES string of the molecule is COc1cccc2c1C=C(C(F)(F)F)C(C)(O)O2. The van der Waals surface area contributed by atoms with Crippen LogP contribution in [0.5, 0.6) is 11.5 Å². The second kappa shape index (κ2) is 3.91. The van der Waals surface area contributed by atoms with Crippen molar-refractivity contribution in [3.63, 3.8) is 0 Å². The van der Waals surface area contributed by atoms with Crippen LogP contribution in [0.4, 0.5) is 13.2 Å². The number of halogens is 3. The van der Waals surface area contributed by atoms with Gasteiger partial charge in [0.15, 0.2) is 0 Å². The van der Waals surface area contributed by atoms with Crippen molar-refractivity contribution in [2.45, 2.75) is 18.9 Å². The standard InChI is InChI=1S/C12H11F3O3/c1-11(16)10(12(13,14)15)6-7-8(17-2)4-3-5-9(7)18-11/h3-6,16H,1-2H3. The number of alkyl halides is 3. The van der Waals surface area contributed by atoms with Crippen LogP contribution in [-0.4, -0.2) is 24.2 Å². The Morgan fingerprint density at radius 1 is 1.33 bits per heavy atom. The smallest absolute Gasteiger partial charge is 0.418 e. The summed E-state index contributed by atoms with van der Waals surface area (Å²) in [6.07, 6.45) is -3.83. The van der Waals surface area contributed by atoms with Gasteiger partial charge in [0.25, 0.3) is 0 Å². The fraction of sp³-hybridized carbons (Fsp3) is 0.333. The fourth-order valence-electron chi connectivity index (χ4n) is 1.83. The van der Waals surface area contributed by atoms with Gasteiger partial charge in [-0.1, -0.05) is 6.07 Å². The van der Waals surface area contributed by atoms with E-state index in [2.05, 4.69) is 0 Å². The lowest BCUT2D eigenvalue weighted by atomic mass is 9.99. The Hall–Kier alpha value is -1.69. The molecule has 0 amide bonds.